The Morgan fingerprint density at radius 2 is 1.91 bits per heavy atom. The monoisotopic (exact) mass is 167 g/mol. The average molecular weight is 167 g/mol. The predicted octanol–water partition coefficient (Wildman–Crippen LogP) is 1.00. The first-order valence-corrected chi connectivity index (χ1v) is 3.57. The second kappa shape index (κ2) is 3.97. The predicted molar refractivity (Wildman–Crippen MR) is 39.8 cm³/mol. The summed E-state index contributed by atoms with van der Waals surface area (Å²) in [6, 6.07) is 0. The van der Waals surface area contributed by atoms with Crippen molar-refractivity contribution in [2.45, 2.75) is 38.8 Å². The van der Waals surface area contributed by atoms with Crippen LogP contribution in [0.2, 0.25) is 0 Å². The maximum Gasteiger partial charge on any atom is 0.250 e. The van der Waals surface area contributed by atoms with Crippen molar-refractivity contribution < 1.29 is 13.9 Å². The molecule has 0 aromatic rings. The van der Waals surface area contributed by atoms with E-state index < -0.39 is 18.1 Å². The molecule has 0 rings (SSSR count). The fourth-order valence-electron chi connectivity index (χ4n) is 0.488. The third-order valence-corrected chi connectivity index (χ3v) is 1.76. The fraction of sp³-hybridized carbons (Fsp3) is 1.00. The number of alkyl halides is 2. The standard InChI is InChI=1S/C7H15F2NO/c1-5(11)7(2,3)10-4-6(8)9/h5-6,10-11H,4H2,1-3H3. The van der Waals surface area contributed by atoms with Gasteiger partial charge in [-0.15, -0.1) is 0 Å². The molecule has 0 radical (unpaired) electrons. The van der Waals surface area contributed by atoms with Crippen LogP contribution in [0, 0.1) is 0 Å². The second-order valence-electron chi connectivity index (χ2n) is 3.17. The lowest BCUT2D eigenvalue weighted by Gasteiger charge is -2.29. The summed E-state index contributed by atoms with van der Waals surface area (Å²) in [4.78, 5) is 0. The number of aliphatic hydroxyl groups is 1. The molecule has 11 heavy (non-hydrogen) atoms. The van der Waals surface area contributed by atoms with Crippen molar-refractivity contribution >= 4 is 0 Å². The highest BCUT2D eigenvalue weighted by molar-refractivity contribution is 4.82. The maximum absolute atomic E-state index is 11.7. The third-order valence-electron chi connectivity index (χ3n) is 1.76. The van der Waals surface area contributed by atoms with Gasteiger partial charge in [0.15, 0.2) is 0 Å². The van der Waals surface area contributed by atoms with E-state index in [9.17, 15) is 8.78 Å². The molecule has 0 aliphatic carbocycles. The van der Waals surface area contributed by atoms with Crippen LogP contribution in [0.4, 0.5) is 8.78 Å². The lowest BCUT2D eigenvalue weighted by atomic mass is 9.99. The summed E-state index contributed by atoms with van der Waals surface area (Å²) in [7, 11) is 0. The molecule has 4 heteroatoms. The number of hydrogen-bond acceptors (Lipinski definition) is 2. The molecule has 68 valence electrons. The minimum Gasteiger partial charge on any atom is -0.392 e. The maximum atomic E-state index is 11.7. The number of halogens is 2. The molecule has 2 nitrogen and oxygen atoms in total. The molecule has 0 aliphatic rings. The molecule has 2 N–H and O–H groups in total. The van der Waals surface area contributed by atoms with Gasteiger partial charge in [0, 0.05) is 5.54 Å². The minimum absolute atomic E-state index is 0.377. The molecule has 0 aromatic heterocycles. The van der Waals surface area contributed by atoms with Crippen molar-refractivity contribution in [3.63, 3.8) is 0 Å². The van der Waals surface area contributed by atoms with Crippen LogP contribution < -0.4 is 5.32 Å². The summed E-state index contributed by atoms with van der Waals surface area (Å²) in [5.41, 5.74) is -0.642. The normalized spacial score (nSPS) is 15.5. The van der Waals surface area contributed by atoms with Crippen molar-refractivity contribution in [3.8, 4) is 0 Å². The van der Waals surface area contributed by atoms with Crippen molar-refractivity contribution in [2.24, 2.45) is 0 Å². The summed E-state index contributed by atoms with van der Waals surface area (Å²) in [6.45, 7) is 4.55. The van der Waals surface area contributed by atoms with Crippen molar-refractivity contribution in [1.29, 1.82) is 0 Å². The van der Waals surface area contributed by atoms with Crippen LogP contribution in [0.5, 0.6) is 0 Å². The van der Waals surface area contributed by atoms with Gasteiger partial charge in [-0.05, 0) is 20.8 Å². The zero-order chi connectivity index (χ0) is 9.07. The molecule has 0 fully saturated rings. The van der Waals surface area contributed by atoms with E-state index >= 15 is 0 Å². The lowest BCUT2D eigenvalue weighted by molar-refractivity contribution is 0.0729. The van der Waals surface area contributed by atoms with E-state index in [0.29, 0.717) is 0 Å². The summed E-state index contributed by atoms with van der Waals surface area (Å²) in [5, 5.41) is 11.6. The van der Waals surface area contributed by atoms with Crippen LogP contribution in [-0.2, 0) is 0 Å². The summed E-state index contributed by atoms with van der Waals surface area (Å²) < 4.78 is 23.4. The van der Waals surface area contributed by atoms with Gasteiger partial charge in [0.25, 0.3) is 6.43 Å². The molecular formula is C7H15F2NO. The molecule has 0 saturated heterocycles. The van der Waals surface area contributed by atoms with Crippen molar-refractivity contribution in [3.05, 3.63) is 0 Å². The number of hydrogen-bond donors (Lipinski definition) is 2. The van der Waals surface area contributed by atoms with Gasteiger partial charge in [-0.2, -0.15) is 0 Å². The van der Waals surface area contributed by atoms with Crippen molar-refractivity contribution in [1.82, 2.24) is 5.32 Å². The first kappa shape index (κ1) is 10.8. The van der Waals surface area contributed by atoms with Crippen LogP contribution in [0.25, 0.3) is 0 Å². The van der Waals surface area contributed by atoms with E-state index in [1.807, 2.05) is 0 Å². The Hall–Kier alpha value is -0.220. The Balaban J connectivity index is 3.73. The molecule has 0 aromatic carbocycles. The van der Waals surface area contributed by atoms with E-state index in [2.05, 4.69) is 5.32 Å². The molecule has 0 spiro atoms. The number of nitrogens with one attached hydrogen (secondary N) is 1. The van der Waals surface area contributed by atoms with Gasteiger partial charge in [0.1, 0.15) is 0 Å². The quantitative estimate of drug-likeness (QED) is 0.654. The van der Waals surface area contributed by atoms with Gasteiger partial charge in [-0.25, -0.2) is 8.78 Å². The van der Waals surface area contributed by atoms with E-state index in [0.717, 1.165) is 0 Å². The van der Waals surface area contributed by atoms with E-state index in [1.165, 1.54) is 0 Å². The summed E-state index contributed by atoms with van der Waals surface area (Å²) >= 11 is 0. The second-order valence-corrected chi connectivity index (χ2v) is 3.17. The molecule has 1 atom stereocenters. The lowest BCUT2D eigenvalue weighted by Crippen LogP contribution is -2.49. The van der Waals surface area contributed by atoms with Gasteiger partial charge in [-0.1, -0.05) is 0 Å². The Morgan fingerprint density at radius 1 is 1.45 bits per heavy atom. The summed E-state index contributed by atoms with van der Waals surface area (Å²) in [5.74, 6) is 0. The number of rotatable bonds is 4. The van der Waals surface area contributed by atoms with Gasteiger partial charge in [0.2, 0.25) is 0 Å². The van der Waals surface area contributed by atoms with Gasteiger partial charge in [0.05, 0.1) is 12.6 Å². The first-order valence-electron chi connectivity index (χ1n) is 3.57. The zero-order valence-electron chi connectivity index (χ0n) is 7.06. The topological polar surface area (TPSA) is 32.3 Å². The minimum atomic E-state index is -2.37. The highest BCUT2D eigenvalue weighted by Gasteiger charge is 2.24. The fourth-order valence-corrected chi connectivity index (χ4v) is 0.488. The van der Waals surface area contributed by atoms with Crippen LogP contribution in [-0.4, -0.2) is 29.7 Å². The zero-order valence-corrected chi connectivity index (χ0v) is 7.06. The third kappa shape index (κ3) is 4.27. The SMILES string of the molecule is CC(O)C(C)(C)NCC(F)F. The molecule has 0 bridgehead atoms. The van der Waals surface area contributed by atoms with Crippen LogP contribution in [0.3, 0.4) is 0 Å². The van der Waals surface area contributed by atoms with Crippen molar-refractivity contribution in [2.75, 3.05) is 6.54 Å². The van der Waals surface area contributed by atoms with Gasteiger partial charge < -0.3 is 10.4 Å². The summed E-state index contributed by atoms with van der Waals surface area (Å²) in [6.07, 6.45) is -3.01. The largest absolute Gasteiger partial charge is 0.392 e. The Morgan fingerprint density at radius 3 is 2.18 bits per heavy atom. The van der Waals surface area contributed by atoms with E-state index in [-0.39, 0.29) is 6.54 Å². The van der Waals surface area contributed by atoms with Gasteiger partial charge in [-0.3, -0.25) is 0 Å². The Kier molecular flexibility index (Phi) is 3.89. The highest BCUT2D eigenvalue weighted by Crippen LogP contribution is 2.08. The number of aliphatic hydroxyl groups excluding tert-OH is 1. The molecule has 0 heterocycles. The Bertz CT molecular complexity index is 115. The van der Waals surface area contributed by atoms with Crippen LogP contribution >= 0.6 is 0 Å². The molecule has 0 amide bonds. The molecular weight excluding hydrogens is 152 g/mol. The molecule has 0 saturated carbocycles. The highest BCUT2D eigenvalue weighted by atomic mass is 19.3. The van der Waals surface area contributed by atoms with Crippen LogP contribution in [0.15, 0.2) is 0 Å². The smallest absolute Gasteiger partial charge is 0.250 e. The van der Waals surface area contributed by atoms with Gasteiger partial charge >= 0.3 is 0 Å². The molecule has 1 unspecified atom stereocenters. The first-order chi connectivity index (χ1) is 4.86. The average Bonchev–Trinajstić information content (AvgIpc) is 1.84. The van der Waals surface area contributed by atoms with E-state index in [4.69, 9.17) is 5.11 Å². The molecule has 0 aliphatic heterocycles. The van der Waals surface area contributed by atoms with Crippen LogP contribution in [0.1, 0.15) is 20.8 Å². The Labute approximate surface area is 65.6 Å². The van der Waals surface area contributed by atoms with E-state index in [1.54, 1.807) is 20.8 Å².